The Labute approximate surface area is 276 Å². The van der Waals surface area contributed by atoms with Gasteiger partial charge in [-0.25, -0.2) is 0 Å². The molecule has 48 heavy (non-hydrogen) atoms. The van der Waals surface area contributed by atoms with E-state index >= 15 is 0 Å². The molecule has 0 atom stereocenters. The van der Waals surface area contributed by atoms with Gasteiger partial charge in [-0.3, -0.25) is 0 Å². The third-order valence-electron chi connectivity index (χ3n) is 9.78. The van der Waals surface area contributed by atoms with Gasteiger partial charge in [0.2, 0.25) is 0 Å². The van der Waals surface area contributed by atoms with Crippen LogP contribution < -0.4 is 4.90 Å². The van der Waals surface area contributed by atoms with Crippen LogP contribution >= 0.6 is 0 Å². The topological polar surface area (TPSA) is 29.5 Å². The van der Waals surface area contributed by atoms with E-state index < -0.39 is 0 Å². The Balaban J connectivity index is 1.30. The summed E-state index contributed by atoms with van der Waals surface area (Å²) < 4.78 is 13.8. The minimum absolute atomic E-state index is 0.845. The van der Waals surface area contributed by atoms with Crippen molar-refractivity contribution in [1.82, 2.24) is 0 Å². The van der Waals surface area contributed by atoms with Gasteiger partial charge in [0.1, 0.15) is 16.7 Å². The maximum atomic E-state index is 6.98. The summed E-state index contributed by atoms with van der Waals surface area (Å²) in [4.78, 5) is 2.32. The fourth-order valence-electron chi connectivity index (χ4n) is 7.59. The summed E-state index contributed by atoms with van der Waals surface area (Å²) in [7, 11) is 0. The van der Waals surface area contributed by atoms with Crippen LogP contribution in [-0.4, -0.2) is 0 Å². The Morgan fingerprint density at radius 1 is 0.417 bits per heavy atom. The molecule has 0 saturated carbocycles. The average molecular weight is 616 g/mol. The molecule has 2 heterocycles. The van der Waals surface area contributed by atoms with Crippen molar-refractivity contribution in [2.45, 2.75) is 6.92 Å². The quantitative estimate of drug-likeness (QED) is 0.197. The maximum absolute atomic E-state index is 6.98. The van der Waals surface area contributed by atoms with Gasteiger partial charge in [-0.15, -0.1) is 0 Å². The van der Waals surface area contributed by atoms with E-state index in [0.717, 1.165) is 82.7 Å². The molecule has 2 aromatic heterocycles. The molecule has 0 fully saturated rings. The summed E-state index contributed by atoms with van der Waals surface area (Å²) in [6.45, 7) is 2.15. The van der Waals surface area contributed by atoms with Gasteiger partial charge in [0.15, 0.2) is 5.58 Å². The second-order valence-electron chi connectivity index (χ2n) is 12.5. The summed E-state index contributed by atoms with van der Waals surface area (Å²) >= 11 is 0. The van der Waals surface area contributed by atoms with Gasteiger partial charge in [-0.1, -0.05) is 127 Å². The van der Waals surface area contributed by atoms with Crippen LogP contribution in [0, 0.1) is 6.92 Å². The molecule has 0 amide bonds. The van der Waals surface area contributed by atoms with E-state index in [-0.39, 0.29) is 0 Å². The molecule has 8 aromatic carbocycles. The normalized spacial score (nSPS) is 11.9. The van der Waals surface area contributed by atoms with Gasteiger partial charge < -0.3 is 13.7 Å². The molecule has 0 unspecified atom stereocenters. The lowest BCUT2D eigenvalue weighted by Crippen LogP contribution is -2.10. The minimum Gasteiger partial charge on any atom is -0.455 e. The Morgan fingerprint density at radius 2 is 1.08 bits per heavy atom. The lowest BCUT2D eigenvalue weighted by Gasteiger charge is -2.27. The largest absolute Gasteiger partial charge is 0.455 e. The van der Waals surface area contributed by atoms with Crippen LogP contribution in [0.1, 0.15) is 5.56 Å². The van der Waals surface area contributed by atoms with Crippen molar-refractivity contribution in [3.63, 3.8) is 0 Å². The van der Waals surface area contributed by atoms with Crippen LogP contribution in [0.15, 0.2) is 167 Å². The monoisotopic (exact) mass is 615 g/mol. The number of anilines is 3. The maximum Gasteiger partial charge on any atom is 0.159 e. The minimum atomic E-state index is 0.845. The summed E-state index contributed by atoms with van der Waals surface area (Å²) in [5, 5.41) is 9.02. The number of fused-ring (bicyclic) bond motifs is 10. The van der Waals surface area contributed by atoms with Crippen molar-refractivity contribution < 1.29 is 8.83 Å². The zero-order valence-electron chi connectivity index (χ0n) is 26.3. The van der Waals surface area contributed by atoms with E-state index in [4.69, 9.17) is 8.83 Å². The SMILES string of the molecule is Cc1ccccc1-c1cccc2c1oc1c(N(c3ccccc3)c3cc4oc5c6ccccc6ccc5c4c4ccccc34)cccc12. The van der Waals surface area contributed by atoms with E-state index in [1.807, 2.05) is 0 Å². The van der Waals surface area contributed by atoms with Gasteiger partial charge in [0.05, 0.1) is 11.4 Å². The Hall–Kier alpha value is -6.32. The van der Waals surface area contributed by atoms with Gasteiger partial charge in [0, 0.05) is 49.6 Å². The number of aryl methyl sites for hydroxylation is 1. The molecule has 0 N–H and O–H groups in total. The van der Waals surface area contributed by atoms with Crippen LogP contribution in [0.25, 0.3) is 76.5 Å². The smallest absolute Gasteiger partial charge is 0.159 e. The van der Waals surface area contributed by atoms with Gasteiger partial charge in [-0.05, 0) is 53.1 Å². The Bertz CT molecular complexity index is 2860. The highest BCUT2D eigenvalue weighted by Crippen LogP contribution is 2.48. The molecule has 0 aliphatic rings. The lowest BCUT2D eigenvalue weighted by molar-refractivity contribution is 0.669. The number of rotatable bonds is 4. The average Bonchev–Trinajstić information content (AvgIpc) is 3.72. The highest BCUT2D eigenvalue weighted by molar-refractivity contribution is 6.26. The van der Waals surface area contributed by atoms with Crippen molar-refractivity contribution in [3.05, 3.63) is 163 Å². The predicted octanol–water partition coefficient (Wildman–Crippen LogP) is 13.2. The second-order valence-corrected chi connectivity index (χ2v) is 12.5. The van der Waals surface area contributed by atoms with E-state index in [1.54, 1.807) is 0 Å². The molecule has 10 rings (SSSR count). The third-order valence-corrected chi connectivity index (χ3v) is 9.78. The standard InChI is InChI=1S/C45H29NO2/c1-28-13-5-7-17-31(28)35-21-11-22-36-37-23-12-24-39(45(37)48-44(35)36)46(30-15-3-2-4-16-30)40-27-41-42(34-20-10-9-19-33(34)40)38-26-25-29-14-6-8-18-32(29)43(38)47-41/h2-27H,1H3. The van der Waals surface area contributed by atoms with Crippen LogP contribution in [0.5, 0.6) is 0 Å². The molecule has 226 valence electrons. The van der Waals surface area contributed by atoms with Gasteiger partial charge >= 0.3 is 0 Å². The molecule has 0 aliphatic heterocycles. The van der Waals surface area contributed by atoms with Crippen molar-refractivity contribution in [1.29, 1.82) is 0 Å². The summed E-state index contributed by atoms with van der Waals surface area (Å²) in [6.07, 6.45) is 0. The lowest BCUT2D eigenvalue weighted by atomic mass is 9.98. The van der Waals surface area contributed by atoms with E-state index in [1.165, 1.54) is 16.5 Å². The predicted molar refractivity (Wildman–Crippen MR) is 201 cm³/mol. The number of nitrogens with zero attached hydrogens (tertiary/aromatic N) is 1. The fraction of sp³-hybridized carbons (Fsp3) is 0.0222. The van der Waals surface area contributed by atoms with Gasteiger partial charge in [-0.2, -0.15) is 0 Å². The molecular weight excluding hydrogens is 587 g/mol. The number of hydrogen-bond donors (Lipinski definition) is 0. The van der Waals surface area contributed by atoms with E-state index in [2.05, 4.69) is 170 Å². The molecule has 10 aromatic rings. The van der Waals surface area contributed by atoms with Crippen LogP contribution in [0.2, 0.25) is 0 Å². The van der Waals surface area contributed by atoms with Crippen molar-refractivity contribution in [3.8, 4) is 11.1 Å². The molecule has 0 aliphatic carbocycles. The van der Waals surface area contributed by atoms with Crippen molar-refractivity contribution in [2.24, 2.45) is 0 Å². The first-order valence-corrected chi connectivity index (χ1v) is 16.4. The molecule has 0 bridgehead atoms. The first kappa shape index (κ1) is 26.9. The highest BCUT2D eigenvalue weighted by atomic mass is 16.3. The Morgan fingerprint density at radius 3 is 1.94 bits per heavy atom. The van der Waals surface area contributed by atoms with E-state index in [9.17, 15) is 0 Å². The number of para-hydroxylation sites is 3. The Kier molecular flexibility index (Phi) is 5.79. The molecule has 0 spiro atoms. The number of benzene rings is 8. The molecule has 0 saturated heterocycles. The fourth-order valence-corrected chi connectivity index (χ4v) is 7.59. The zero-order chi connectivity index (χ0) is 31.8. The summed E-state index contributed by atoms with van der Waals surface area (Å²) in [5.74, 6) is 0. The van der Waals surface area contributed by atoms with Crippen LogP contribution in [-0.2, 0) is 0 Å². The second kappa shape index (κ2) is 10.3. The first-order valence-electron chi connectivity index (χ1n) is 16.4. The van der Waals surface area contributed by atoms with Crippen molar-refractivity contribution in [2.75, 3.05) is 4.90 Å². The third kappa shape index (κ3) is 3.88. The van der Waals surface area contributed by atoms with E-state index in [0.29, 0.717) is 0 Å². The molecular formula is C45H29NO2. The highest BCUT2D eigenvalue weighted by Gasteiger charge is 2.24. The first-order chi connectivity index (χ1) is 23.7. The van der Waals surface area contributed by atoms with Crippen molar-refractivity contribution >= 4 is 82.5 Å². The van der Waals surface area contributed by atoms with Crippen LogP contribution in [0.3, 0.4) is 0 Å². The number of furan rings is 2. The molecule has 0 radical (unpaired) electrons. The summed E-state index contributed by atoms with van der Waals surface area (Å²) in [6, 6.07) is 55.7. The molecule has 3 nitrogen and oxygen atoms in total. The van der Waals surface area contributed by atoms with Crippen LogP contribution in [0.4, 0.5) is 17.1 Å². The van der Waals surface area contributed by atoms with Gasteiger partial charge in [0.25, 0.3) is 0 Å². The molecule has 3 heteroatoms. The zero-order valence-corrected chi connectivity index (χ0v) is 26.3. The summed E-state index contributed by atoms with van der Waals surface area (Å²) in [5.41, 5.74) is 10.0. The number of hydrogen-bond acceptors (Lipinski definition) is 3.